The second-order valence-corrected chi connectivity index (χ2v) is 8.81. The van der Waals surface area contributed by atoms with Crippen molar-refractivity contribution in [2.45, 2.75) is 90.4 Å². The first-order valence-corrected chi connectivity index (χ1v) is 10.4. The Labute approximate surface area is 139 Å². The smallest absolute Gasteiger partial charge is 0.0236 e. The molecule has 3 aliphatic rings. The Balaban J connectivity index is 1.40. The number of allylic oxidation sites excluding steroid dienone is 1. The van der Waals surface area contributed by atoms with Gasteiger partial charge in [-0.25, -0.2) is 0 Å². The zero-order valence-corrected chi connectivity index (χ0v) is 14.9. The first kappa shape index (κ1) is 16.6. The molecule has 3 saturated carbocycles. The lowest BCUT2D eigenvalue weighted by Gasteiger charge is -2.39. The molecule has 126 valence electrons. The summed E-state index contributed by atoms with van der Waals surface area (Å²) in [6.45, 7) is 6.36. The maximum atomic E-state index is 4.00. The molecule has 0 N–H and O–H groups in total. The summed E-state index contributed by atoms with van der Waals surface area (Å²) < 4.78 is 0. The fourth-order valence-electron chi connectivity index (χ4n) is 6.15. The summed E-state index contributed by atoms with van der Waals surface area (Å²) in [4.78, 5) is 0. The number of hydrogen-bond donors (Lipinski definition) is 0. The van der Waals surface area contributed by atoms with Crippen molar-refractivity contribution in [3.63, 3.8) is 0 Å². The van der Waals surface area contributed by atoms with Gasteiger partial charge >= 0.3 is 0 Å². The molecule has 0 spiro atoms. The monoisotopic (exact) mass is 302 g/mol. The highest BCUT2D eigenvalue weighted by Gasteiger charge is 2.35. The summed E-state index contributed by atoms with van der Waals surface area (Å²) >= 11 is 0. The lowest BCUT2D eigenvalue weighted by atomic mass is 9.67. The minimum atomic E-state index is 0.835. The zero-order chi connectivity index (χ0) is 15.4. The van der Waals surface area contributed by atoms with E-state index in [0.29, 0.717) is 0 Å². The van der Waals surface area contributed by atoms with Gasteiger partial charge in [-0.3, -0.25) is 0 Å². The predicted octanol–water partition coefficient (Wildman–Crippen LogP) is 7.00. The molecule has 3 rings (SSSR count). The van der Waals surface area contributed by atoms with Crippen LogP contribution in [0.1, 0.15) is 90.4 Å². The third-order valence-corrected chi connectivity index (χ3v) is 7.58. The fraction of sp³-hybridized carbons (Fsp3) is 0.909. The molecule has 3 fully saturated rings. The SMILES string of the molecule is C=CC1CCC(C2CCC(C3CCC(CCC)C3)CC2)CC1. The van der Waals surface area contributed by atoms with Crippen molar-refractivity contribution >= 4 is 0 Å². The third kappa shape index (κ3) is 3.98. The number of hydrogen-bond acceptors (Lipinski definition) is 0. The van der Waals surface area contributed by atoms with E-state index in [4.69, 9.17) is 0 Å². The van der Waals surface area contributed by atoms with E-state index < -0.39 is 0 Å². The van der Waals surface area contributed by atoms with Gasteiger partial charge < -0.3 is 0 Å². The highest BCUT2D eigenvalue weighted by molar-refractivity contribution is 4.89. The molecule has 2 atom stereocenters. The summed E-state index contributed by atoms with van der Waals surface area (Å²) in [7, 11) is 0. The summed E-state index contributed by atoms with van der Waals surface area (Å²) in [5, 5.41) is 0. The molecule has 0 bridgehead atoms. The van der Waals surface area contributed by atoms with E-state index >= 15 is 0 Å². The van der Waals surface area contributed by atoms with E-state index in [-0.39, 0.29) is 0 Å². The maximum Gasteiger partial charge on any atom is -0.0236 e. The van der Waals surface area contributed by atoms with Gasteiger partial charge in [0.05, 0.1) is 0 Å². The van der Waals surface area contributed by atoms with Crippen LogP contribution in [0.15, 0.2) is 12.7 Å². The maximum absolute atomic E-state index is 4.00. The van der Waals surface area contributed by atoms with Crippen LogP contribution in [0.5, 0.6) is 0 Å². The predicted molar refractivity (Wildman–Crippen MR) is 96.8 cm³/mol. The van der Waals surface area contributed by atoms with Gasteiger partial charge in [0.15, 0.2) is 0 Å². The first-order chi connectivity index (χ1) is 10.8. The Morgan fingerprint density at radius 1 is 0.727 bits per heavy atom. The Morgan fingerprint density at radius 2 is 1.23 bits per heavy atom. The summed E-state index contributed by atoms with van der Waals surface area (Å²) in [6.07, 6.45) is 21.9. The van der Waals surface area contributed by atoms with Crippen LogP contribution in [0, 0.1) is 35.5 Å². The fourth-order valence-corrected chi connectivity index (χ4v) is 6.15. The Morgan fingerprint density at radius 3 is 1.77 bits per heavy atom. The van der Waals surface area contributed by atoms with Crippen molar-refractivity contribution < 1.29 is 0 Å². The molecule has 0 aliphatic heterocycles. The zero-order valence-electron chi connectivity index (χ0n) is 14.9. The second kappa shape index (κ2) is 8.02. The van der Waals surface area contributed by atoms with E-state index in [2.05, 4.69) is 19.6 Å². The number of rotatable bonds is 5. The van der Waals surface area contributed by atoms with E-state index in [1.54, 1.807) is 44.9 Å². The lowest BCUT2D eigenvalue weighted by molar-refractivity contribution is 0.131. The average molecular weight is 303 g/mol. The molecule has 22 heavy (non-hydrogen) atoms. The third-order valence-electron chi connectivity index (χ3n) is 7.58. The topological polar surface area (TPSA) is 0 Å². The molecule has 0 aromatic carbocycles. The van der Waals surface area contributed by atoms with Gasteiger partial charge in [0.25, 0.3) is 0 Å². The minimum Gasteiger partial charge on any atom is -0.103 e. The lowest BCUT2D eigenvalue weighted by Crippen LogP contribution is -2.27. The summed E-state index contributed by atoms with van der Waals surface area (Å²) in [5.74, 6) is 6.27. The van der Waals surface area contributed by atoms with Gasteiger partial charge in [-0.1, -0.05) is 32.3 Å². The van der Waals surface area contributed by atoms with Gasteiger partial charge in [-0.2, -0.15) is 0 Å². The van der Waals surface area contributed by atoms with Crippen LogP contribution in [0.25, 0.3) is 0 Å². The van der Waals surface area contributed by atoms with Crippen LogP contribution in [0.2, 0.25) is 0 Å². The summed E-state index contributed by atoms with van der Waals surface area (Å²) in [6, 6.07) is 0. The van der Waals surface area contributed by atoms with Crippen LogP contribution >= 0.6 is 0 Å². The van der Waals surface area contributed by atoms with Crippen molar-refractivity contribution in [3.05, 3.63) is 12.7 Å². The second-order valence-electron chi connectivity index (χ2n) is 8.81. The molecule has 0 heterocycles. The summed E-state index contributed by atoms with van der Waals surface area (Å²) in [5.41, 5.74) is 0. The molecule has 0 aromatic heterocycles. The normalized spacial score (nSPS) is 43.1. The van der Waals surface area contributed by atoms with Gasteiger partial charge in [0, 0.05) is 0 Å². The Bertz CT molecular complexity index is 328. The molecule has 0 amide bonds. The van der Waals surface area contributed by atoms with Gasteiger partial charge in [-0.05, 0) is 99.7 Å². The van der Waals surface area contributed by atoms with E-state index in [0.717, 1.165) is 35.5 Å². The van der Waals surface area contributed by atoms with Crippen molar-refractivity contribution in [3.8, 4) is 0 Å². The van der Waals surface area contributed by atoms with Crippen molar-refractivity contribution in [1.29, 1.82) is 0 Å². The van der Waals surface area contributed by atoms with E-state index in [1.807, 2.05) is 0 Å². The van der Waals surface area contributed by atoms with E-state index in [1.165, 1.54) is 38.5 Å². The molecular formula is C22H38. The highest BCUT2D eigenvalue weighted by atomic mass is 14.4. The molecule has 0 saturated heterocycles. The standard InChI is InChI=1S/C22H38/c1-3-5-18-8-11-22(16-18)21-14-12-20(13-15-21)19-9-6-17(4-2)7-10-19/h4,17-22H,2-3,5-16H2,1H3. The van der Waals surface area contributed by atoms with Gasteiger partial charge in [0.2, 0.25) is 0 Å². The van der Waals surface area contributed by atoms with Crippen LogP contribution in [0.3, 0.4) is 0 Å². The molecule has 2 unspecified atom stereocenters. The molecule has 3 aliphatic carbocycles. The largest absolute Gasteiger partial charge is 0.103 e. The Kier molecular flexibility index (Phi) is 6.05. The average Bonchev–Trinajstić information content (AvgIpc) is 3.04. The van der Waals surface area contributed by atoms with Crippen molar-refractivity contribution in [1.82, 2.24) is 0 Å². The first-order valence-electron chi connectivity index (χ1n) is 10.4. The molecule has 0 radical (unpaired) electrons. The molecular weight excluding hydrogens is 264 g/mol. The minimum absolute atomic E-state index is 0.835. The van der Waals surface area contributed by atoms with Crippen LogP contribution < -0.4 is 0 Å². The van der Waals surface area contributed by atoms with Crippen molar-refractivity contribution in [2.75, 3.05) is 0 Å². The quantitative estimate of drug-likeness (QED) is 0.479. The molecule has 0 aromatic rings. The van der Waals surface area contributed by atoms with Crippen LogP contribution in [-0.4, -0.2) is 0 Å². The van der Waals surface area contributed by atoms with Gasteiger partial charge in [-0.15, -0.1) is 6.58 Å². The van der Waals surface area contributed by atoms with Crippen LogP contribution in [0.4, 0.5) is 0 Å². The van der Waals surface area contributed by atoms with Gasteiger partial charge in [0.1, 0.15) is 0 Å². The van der Waals surface area contributed by atoms with E-state index in [9.17, 15) is 0 Å². The van der Waals surface area contributed by atoms with Crippen LogP contribution in [-0.2, 0) is 0 Å². The molecule has 0 heteroatoms. The highest BCUT2D eigenvalue weighted by Crippen LogP contribution is 2.47. The van der Waals surface area contributed by atoms with Crippen molar-refractivity contribution in [2.24, 2.45) is 35.5 Å². The Hall–Kier alpha value is -0.260. The molecule has 0 nitrogen and oxygen atoms in total.